The fraction of sp³-hybridized carbons (Fsp3) is 0.0833. The van der Waals surface area contributed by atoms with Crippen LogP contribution in [-0.2, 0) is 6.54 Å². The Kier molecular flexibility index (Phi) is 3.30. The molecule has 0 aliphatic rings. The van der Waals surface area contributed by atoms with E-state index < -0.39 is 0 Å². The molecule has 0 radical (unpaired) electrons. The molecular formula is C12H12N4O. The van der Waals surface area contributed by atoms with E-state index in [-0.39, 0.29) is 5.91 Å². The van der Waals surface area contributed by atoms with Crippen LogP contribution in [0.5, 0.6) is 0 Å². The maximum absolute atomic E-state index is 11.7. The number of nitrogen functional groups attached to an aromatic ring is 1. The number of nitrogens with zero attached hydrogens (tertiary/aromatic N) is 2. The zero-order valence-electron chi connectivity index (χ0n) is 9.13. The molecule has 2 heterocycles. The van der Waals surface area contributed by atoms with Gasteiger partial charge in [0.05, 0.1) is 17.8 Å². The number of carbonyl (C=O) groups excluding carboxylic acids is 1. The molecule has 0 saturated carbocycles. The Bertz CT molecular complexity index is 496. The molecule has 0 atom stereocenters. The number of hydrogen-bond donors (Lipinski definition) is 2. The third-order valence-electron chi connectivity index (χ3n) is 2.20. The van der Waals surface area contributed by atoms with E-state index in [0.717, 1.165) is 5.69 Å². The number of amides is 1. The van der Waals surface area contributed by atoms with Crippen molar-refractivity contribution in [3.8, 4) is 0 Å². The van der Waals surface area contributed by atoms with Crippen molar-refractivity contribution >= 4 is 11.7 Å². The van der Waals surface area contributed by atoms with Gasteiger partial charge in [0.1, 0.15) is 5.82 Å². The Morgan fingerprint density at radius 1 is 1.24 bits per heavy atom. The molecule has 1 amide bonds. The summed E-state index contributed by atoms with van der Waals surface area (Å²) in [5.74, 6) is 0.203. The van der Waals surface area contributed by atoms with Crippen molar-refractivity contribution in [1.29, 1.82) is 0 Å². The molecule has 86 valence electrons. The average Bonchev–Trinajstić information content (AvgIpc) is 2.38. The van der Waals surface area contributed by atoms with Crippen LogP contribution in [0.4, 0.5) is 5.82 Å². The lowest BCUT2D eigenvalue weighted by Crippen LogP contribution is -2.23. The summed E-state index contributed by atoms with van der Waals surface area (Å²) in [6.45, 7) is 0.393. The van der Waals surface area contributed by atoms with E-state index in [2.05, 4.69) is 15.3 Å². The lowest BCUT2D eigenvalue weighted by Gasteiger charge is -2.04. The Hall–Kier alpha value is -2.43. The van der Waals surface area contributed by atoms with Gasteiger partial charge in [-0.3, -0.25) is 9.78 Å². The second-order valence-electron chi connectivity index (χ2n) is 3.48. The quantitative estimate of drug-likeness (QED) is 0.820. The number of anilines is 1. The van der Waals surface area contributed by atoms with Crippen molar-refractivity contribution in [3.63, 3.8) is 0 Å². The molecule has 0 bridgehead atoms. The van der Waals surface area contributed by atoms with Gasteiger partial charge in [0.2, 0.25) is 0 Å². The van der Waals surface area contributed by atoms with Gasteiger partial charge in [-0.15, -0.1) is 0 Å². The van der Waals surface area contributed by atoms with Crippen LogP contribution in [0.3, 0.4) is 0 Å². The summed E-state index contributed by atoms with van der Waals surface area (Å²) < 4.78 is 0. The molecule has 5 nitrogen and oxygen atoms in total. The van der Waals surface area contributed by atoms with Gasteiger partial charge in [0.25, 0.3) is 5.91 Å². The number of aromatic nitrogens is 2. The first-order chi connectivity index (χ1) is 8.25. The van der Waals surface area contributed by atoms with E-state index in [4.69, 9.17) is 5.73 Å². The molecule has 2 aromatic rings. The molecule has 5 heteroatoms. The number of hydrogen-bond acceptors (Lipinski definition) is 4. The maximum Gasteiger partial charge on any atom is 0.253 e. The van der Waals surface area contributed by atoms with Crippen LogP contribution >= 0.6 is 0 Å². The molecule has 0 aromatic carbocycles. The number of carbonyl (C=O) groups is 1. The number of rotatable bonds is 3. The van der Waals surface area contributed by atoms with Crippen LogP contribution < -0.4 is 11.1 Å². The van der Waals surface area contributed by atoms with Crippen molar-refractivity contribution in [3.05, 3.63) is 54.0 Å². The van der Waals surface area contributed by atoms with Gasteiger partial charge in [-0.1, -0.05) is 6.07 Å². The van der Waals surface area contributed by atoms with Crippen molar-refractivity contribution < 1.29 is 4.79 Å². The second kappa shape index (κ2) is 5.07. The summed E-state index contributed by atoms with van der Waals surface area (Å²) in [5.41, 5.74) is 6.73. The molecule has 0 saturated heterocycles. The van der Waals surface area contributed by atoms with Crippen molar-refractivity contribution in [1.82, 2.24) is 15.3 Å². The molecule has 0 aliphatic heterocycles. The summed E-state index contributed by atoms with van der Waals surface area (Å²) in [4.78, 5) is 19.7. The summed E-state index contributed by atoms with van der Waals surface area (Å²) >= 11 is 0. The molecule has 0 aliphatic carbocycles. The first-order valence-electron chi connectivity index (χ1n) is 5.15. The highest BCUT2D eigenvalue weighted by Crippen LogP contribution is 2.01. The van der Waals surface area contributed by atoms with E-state index in [0.29, 0.717) is 17.9 Å². The predicted octanol–water partition coefficient (Wildman–Crippen LogP) is 0.989. The normalized spacial score (nSPS) is 9.88. The van der Waals surface area contributed by atoms with Gasteiger partial charge in [-0.2, -0.15) is 0 Å². The third-order valence-corrected chi connectivity index (χ3v) is 2.20. The zero-order valence-corrected chi connectivity index (χ0v) is 9.13. The fourth-order valence-corrected chi connectivity index (χ4v) is 1.32. The third kappa shape index (κ3) is 3.01. The van der Waals surface area contributed by atoms with Gasteiger partial charge in [-0.05, 0) is 24.3 Å². The molecule has 0 fully saturated rings. The van der Waals surface area contributed by atoms with E-state index in [9.17, 15) is 4.79 Å². The van der Waals surface area contributed by atoms with Crippen LogP contribution in [0, 0.1) is 0 Å². The van der Waals surface area contributed by atoms with E-state index >= 15 is 0 Å². The summed E-state index contributed by atoms with van der Waals surface area (Å²) in [6.07, 6.45) is 3.13. The van der Waals surface area contributed by atoms with E-state index in [1.54, 1.807) is 18.3 Å². The van der Waals surface area contributed by atoms with Gasteiger partial charge in [-0.25, -0.2) is 4.98 Å². The predicted molar refractivity (Wildman–Crippen MR) is 64.1 cm³/mol. The highest BCUT2D eigenvalue weighted by molar-refractivity contribution is 5.93. The molecule has 0 unspecified atom stereocenters. The highest BCUT2D eigenvalue weighted by atomic mass is 16.1. The summed E-state index contributed by atoms with van der Waals surface area (Å²) in [7, 11) is 0. The monoisotopic (exact) mass is 228 g/mol. The van der Waals surface area contributed by atoms with Gasteiger partial charge in [0.15, 0.2) is 0 Å². The number of nitrogens with two attached hydrogens (primary N) is 1. The summed E-state index contributed by atoms with van der Waals surface area (Å²) in [6, 6.07) is 8.78. The van der Waals surface area contributed by atoms with Crippen LogP contribution in [0.15, 0.2) is 42.7 Å². The largest absolute Gasteiger partial charge is 0.384 e. The first-order valence-corrected chi connectivity index (χ1v) is 5.15. The summed E-state index contributed by atoms with van der Waals surface area (Å²) in [5, 5.41) is 2.75. The zero-order chi connectivity index (χ0) is 12.1. The van der Waals surface area contributed by atoms with Gasteiger partial charge in [0, 0.05) is 12.4 Å². The molecule has 17 heavy (non-hydrogen) atoms. The van der Waals surface area contributed by atoms with Crippen molar-refractivity contribution in [2.24, 2.45) is 0 Å². The average molecular weight is 228 g/mol. The number of pyridine rings is 2. The molecule has 2 rings (SSSR count). The lowest BCUT2D eigenvalue weighted by atomic mass is 10.2. The number of nitrogens with one attached hydrogen (secondary N) is 1. The molecule has 3 N–H and O–H groups in total. The SMILES string of the molecule is Nc1ccc(C(=O)NCc2ccccn2)cn1. The van der Waals surface area contributed by atoms with Crippen LogP contribution in [-0.4, -0.2) is 15.9 Å². The standard InChI is InChI=1S/C12H12N4O/c13-11-5-4-9(7-15-11)12(17)16-8-10-3-1-2-6-14-10/h1-7H,8H2,(H2,13,15)(H,16,17). The van der Waals surface area contributed by atoms with Crippen molar-refractivity contribution in [2.45, 2.75) is 6.54 Å². The molecule has 0 spiro atoms. The lowest BCUT2D eigenvalue weighted by molar-refractivity contribution is 0.0950. The molecular weight excluding hydrogens is 216 g/mol. The van der Waals surface area contributed by atoms with Gasteiger partial charge < -0.3 is 11.1 Å². The van der Waals surface area contributed by atoms with Gasteiger partial charge >= 0.3 is 0 Å². The second-order valence-corrected chi connectivity index (χ2v) is 3.48. The topological polar surface area (TPSA) is 80.9 Å². The Balaban J connectivity index is 1.96. The minimum atomic E-state index is -0.192. The smallest absolute Gasteiger partial charge is 0.253 e. The Labute approximate surface area is 98.7 Å². The van der Waals surface area contributed by atoms with Crippen LogP contribution in [0.25, 0.3) is 0 Å². The Morgan fingerprint density at radius 2 is 2.12 bits per heavy atom. The van der Waals surface area contributed by atoms with E-state index in [1.165, 1.54) is 6.20 Å². The molecule has 2 aromatic heterocycles. The van der Waals surface area contributed by atoms with Crippen LogP contribution in [0.2, 0.25) is 0 Å². The van der Waals surface area contributed by atoms with Crippen molar-refractivity contribution in [2.75, 3.05) is 5.73 Å². The highest BCUT2D eigenvalue weighted by Gasteiger charge is 2.05. The Morgan fingerprint density at radius 3 is 2.76 bits per heavy atom. The van der Waals surface area contributed by atoms with E-state index in [1.807, 2.05) is 18.2 Å². The first kappa shape index (κ1) is 11.1. The maximum atomic E-state index is 11.7. The minimum absolute atomic E-state index is 0.192. The fourth-order valence-electron chi connectivity index (χ4n) is 1.32. The minimum Gasteiger partial charge on any atom is -0.384 e. The van der Waals surface area contributed by atoms with Crippen LogP contribution in [0.1, 0.15) is 16.1 Å².